The number of hydrogen-bond donors (Lipinski definition) is 3. The smallest absolute Gasteiger partial charge is 0.502 e. The Labute approximate surface area is 120 Å². The molecule has 0 radical (unpaired) electrons. The highest BCUT2D eigenvalue weighted by Gasteiger charge is 2.53. The molecule has 0 unspecified atom stereocenters. The van der Waals surface area contributed by atoms with Crippen LogP contribution in [0.15, 0.2) is 0 Å². The van der Waals surface area contributed by atoms with Gasteiger partial charge in [-0.3, -0.25) is 0 Å². The van der Waals surface area contributed by atoms with Gasteiger partial charge in [-0.15, -0.1) is 0 Å². The fourth-order valence-corrected chi connectivity index (χ4v) is 2.16. The van der Waals surface area contributed by atoms with Crippen molar-refractivity contribution in [3.63, 3.8) is 0 Å². The lowest BCUT2D eigenvalue weighted by Crippen LogP contribution is -2.41. The molecule has 106 valence electrons. The van der Waals surface area contributed by atoms with E-state index in [4.69, 9.17) is 9.31 Å². The third-order valence-electron chi connectivity index (χ3n) is 4.50. The van der Waals surface area contributed by atoms with Crippen molar-refractivity contribution in [2.24, 2.45) is 0 Å². The van der Waals surface area contributed by atoms with Crippen molar-refractivity contribution >= 4 is 39.2 Å². The molecule has 1 heterocycles. The fraction of sp³-hybridized carbons (Fsp3) is 0.500. The van der Waals surface area contributed by atoms with E-state index >= 15 is 0 Å². The molecule has 1 fully saturated rings. The van der Waals surface area contributed by atoms with E-state index in [2.05, 4.69) is 0 Å². The molecule has 0 saturated carbocycles. The van der Waals surface area contributed by atoms with Gasteiger partial charge in [-0.25, -0.2) is 0 Å². The van der Waals surface area contributed by atoms with Gasteiger partial charge in [0.1, 0.15) is 27.2 Å². The maximum absolute atomic E-state index is 10.3. The Kier molecular flexibility index (Phi) is 3.30. The van der Waals surface area contributed by atoms with E-state index in [1.54, 1.807) is 15.7 Å². The first-order valence-electron chi connectivity index (χ1n) is 6.59. The molecule has 5 nitrogen and oxygen atoms in total. The predicted molar refractivity (Wildman–Crippen MR) is 83.5 cm³/mol. The highest BCUT2D eigenvalue weighted by atomic mass is 16.7. The molecular formula is C12H19B3O5. The Morgan fingerprint density at radius 3 is 1.65 bits per heavy atom. The molecule has 0 bridgehead atoms. The first-order valence-corrected chi connectivity index (χ1v) is 6.59. The molecule has 1 aromatic rings. The summed E-state index contributed by atoms with van der Waals surface area (Å²) in [7, 11) is 2.36. The molecule has 1 aliphatic rings. The van der Waals surface area contributed by atoms with Crippen LogP contribution in [0.3, 0.4) is 0 Å². The molecular weight excluding hydrogens is 257 g/mol. The Morgan fingerprint density at radius 2 is 1.20 bits per heavy atom. The van der Waals surface area contributed by atoms with Crippen molar-refractivity contribution in [1.82, 2.24) is 0 Å². The van der Waals surface area contributed by atoms with E-state index in [0.717, 1.165) is 0 Å². The van der Waals surface area contributed by atoms with Crippen LogP contribution in [0.2, 0.25) is 0 Å². The van der Waals surface area contributed by atoms with Crippen molar-refractivity contribution in [2.75, 3.05) is 0 Å². The van der Waals surface area contributed by atoms with E-state index in [-0.39, 0.29) is 17.0 Å². The van der Waals surface area contributed by atoms with Crippen LogP contribution >= 0.6 is 0 Å². The van der Waals surface area contributed by atoms with Crippen LogP contribution in [0.4, 0.5) is 0 Å². The summed E-state index contributed by atoms with van der Waals surface area (Å²) in [5, 5.41) is 30.3. The average Bonchev–Trinajstić information content (AvgIpc) is 2.53. The molecule has 0 aliphatic carbocycles. The molecule has 0 spiro atoms. The van der Waals surface area contributed by atoms with Gasteiger partial charge in [-0.2, -0.15) is 0 Å². The van der Waals surface area contributed by atoms with Gasteiger partial charge in [0.15, 0.2) is 5.75 Å². The number of phenolic OH excluding ortho intramolecular Hbond substituents is 3. The first-order chi connectivity index (χ1) is 8.99. The molecule has 1 aliphatic heterocycles. The lowest BCUT2D eigenvalue weighted by atomic mass is 9.69. The SMILES string of the molecule is Bc1c(B)c(O)c(B2OC(C)(C)C(C)(C)O2)c(O)c1O. The van der Waals surface area contributed by atoms with Crippen LogP contribution in [0, 0.1) is 0 Å². The fourth-order valence-electron chi connectivity index (χ4n) is 2.16. The molecule has 1 aromatic carbocycles. The van der Waals surface area contributed by atoms with Gasteiger partial charge in [-0.05, 0) is 33.2 Å². The van der Waals surface area contributed by atoms with Crippen molar-refractivity contribution in [3.05, 3.63) is 0 Å². The van der Waals surface area contributed by atoms with Crippen molar-refractivity contribution in [3.8, 4) is 17.2 Å². The topological polar surface area (TPSA) is 79.2 Å². The number of rotatable bonds is 1. The summed E-state index contributed by atoms with van der Waals surface area (Å²) in [6.45, 7) is 7.51. The van der Waals surface area contributed by atoms with Crippen LogP contribution in [-0.2, 0) is 9.31 Å². The number of hydrogen-bond acceptors (Lipinski definition) is 5. The molecule has 2 rings (SSSR count). The molecule has 8 heteroatoms. The predicted octanol–water partition coefficient (Wildman–Crippen LogP) is -2.38. The Balaban J connectivity index is 2.57. The standard InChI is InChI=1S/C12H19B3O5/c1-11(2)12(3,4)20-15(19-11)7-8(16)5(13)6(14)9(17)10(7)18/h16-18H,13-14H2,1-4H3. The Bertz CT molecular complexity index is 526. The molecule has 0 amide bonds. The minimum atomic E-state index is -0.926. The van der Waals surface area contributed by atoms with Crippen LogP contribution < -0.4 is 16.4 Å². The van der Waals surface area contributed by atoms with Gasteiger partial charge in [0.2, 0.25) is 0 Å². The van der Waals surface area contributed by atoms with Gasteiger partial charge in [-0.1, -0.05) is 5.46 Å². The Morgan fingerprint density at radius 1 is 0.800 bits per heavy atom. The van der Waals surface area contributed by atoms with Gasteiger partial charge in [0, 0.05) is 0 Å². The van der Waals surface area contributed by atoms with Gasteiger partial charge in [0.05, 0.1) is 16.7 Å². The number of aromatic hydroxyl groups is 3. The van der Waals surface area contributed by atoms with Gasteiger partial charge < -0.3 is 24.6 Å². The monoisotopic (exact) mass is 276 g/mol. The first kappa shape index (κ1) is 15.1. The van der Waals surface area contributed by atoms with Crippen LogP contribution in [-0.4, -0.2) is 49.3 Å². The second-order valence-electron chi connectivity index (χ2n) is 6.30. The lowest BCUT2D eigenvalue weighted by molar-refractivity contribution is 0.00578. The quantitative estimate of drug-likeness (QED) is 0.303. The summed E-state index contributed by atoms with van der Waals surface area (Å²) < 4.78 is 11.6. The Hall–Kier alpha value is -1.27. The largest absolute Gasteiger partial charge is 0.509 e. The van der Waals surface area contributed by atoms with Crippen LogP contribution in [0.1, 0.15) is 27.7 Å². The molecule has 0 atom stereocenters. The summed E-state index contributed by atoms with van der Waals surface area (Å²) >= 11 is 0. The summed E-state index contributed by atoms with van der Waals surface area (Å²) in [6.07, 6.45) is 0. The molecule has 3 N–H and O–H groups in total. The molecule has 1 saturated heterocycles. The third-order valence-corrected chi connectivity index (χ3v) is 4.50. The lowest BCUT2D eigenvalue weighted by Gasteiger charge is -2.32. The number of benzene rings is 1. The minimum absolute atomic E-state index is 0.0734. The normalized spacial score (nSPS) is 20.3. The average molecular weight is 276 g/mol. The highest BCUT2D eigenvalue weighted by molar-refractivity contribution is 6.66. The third kappa shape index (κ3) is 1.98. The maximum Gasteiger partial charge on any atom is 0.502 e. The van der Waals surface area contributed by atoms with Crippen LogP contribution in [0.5, 0.6) is 17.2 Å². The summed E-state index contributed by atoms with van der Waals surface area (Å²) in [5.74, 6) is -0.773. The van der Waals surface area contributed by atoms with E-state index < -0.39 is 24.1 Å². The van der Waals surface area contributed by atoms with Gasteiger partial charge >= 0.3 is 7.12 Å². The molecule has 0 aromatic heterocycles. The van der Waals surface area contributed by atoms with E-state index in [9.17, 15) is 15.3 Å². The van der Waals surface area contributed by atoms with E-state index in [0.29, 0.717) is 10.9 Å². The zero-order valence-electron chi connectivity index (χ0n) is 12.7. The maximum atomic E-state index is 10.3. The highest BCUT2D eigenvalue weighted by Crippen LogP contribution is 2.38. The summed E-state index contributed by atoms with van der Waals surface area (Å²) in [6, 6.07) is 0. The summed E-state index contributed by atoms with van der Waals surface area (Å²) in [5.41, 5.74) is -0.190. The van der Waals surface area contributed by atoms with E-state index in [1.807, 2.05) is 27.7 Å². The number of phenols is 3. The van der Waals surface area contributed by atoms with Crippen molar-refractivity contribution < 1.29 is 24.6 Å². The van der Waals surface area contributed by atoms with Gasteiger partial charge in [0.25, 0.3) is 0 Å². The van der Waals surface area contributed by atoms with Crippen LogP contribution in [0.25, 0.3) is 0 Å². The second-order valence-corrected chi connectivity index (χ2v) is 6.30. The van der Waals surface area contributed by atoms with Crippen molar-refractivity contribution in [2.45, 2.75) is 38.9 Å². The zero-order chi connectivity index (χ0) is 15.5. The van der Waals surface area contributed by atoms with E-state index in [1.165, 1.54) is 0 Å². The summed E-state index contributed by atoms with van der Waals surface area (Å²) in [4.78, 5) is 0. The second kappa shape index (κ2) is 4.36. The minimum Gasteiger partial charge on any atom is -0.509 e. The zero-order valence-corrected chi connectivity index (χ0v) is 12.7. The molecule has 20 heavy (non-hydrogen) atoms. The van der Waals surface area contributed by atoms with Crippen molar-refractivity contribution in [1.29, 1.82) is 0 Å².